The van der Waals surface area contributed by atoms with Crippen molar-refractivity contribution in [2.24, 2.45) is 0 Å². The maximum Gasteiger partial charge on any atom is 0.328 e. The highest BCUT2D eigenvalue weighted by molar-refractivity contribution is 7.99. The number of urea groups is 2. The van der Waals surface area contributed by atoms with Gasteiger partial charge in [0.05, 0.1) is 6.54 Å². The van der Waals surface area contributed by atoms with Crippen molar-refractivity contribution in [1.82, 2.24) is 15.5 Å². The molecule has 0 saturated carbocycles. The Balaban J connectivity index is 2.25. The topological polar surface area (TPSA) is 61.4 Å². The summed E-state index contributed by atoms with van der Waals surface area (Å²) in [5.41, 5.74) is -0.884. The molecule has 0 radical (unpaired) electrons. The Bertz CT molecular complexity index is 585. The van der Waals surface area contributed by atoms with Crippen molar-refractivity contribution >= 4 is 23.8 Å². The quantitative estimate of drug-likeness (QED) is 0.838. The first-order valence-corrected chi connectivity index (χ1v) is 7.10. The first-order valence-electron chi connectivity index (χ1n) is 6.05. The van der Waals surface area contributed by atoms with Crippen molar-refractivity contribution in [2.75, 3.05) is 5.75 Å². The summed E-state index contributed by atoms with van der Waals surface area (Å²) in [6.45, 7) is 1.52. The summed E-state index contributed by atoms with van der Waals surface area (Å²) in [4.78, 5) is 24.2. The van der Waals surface area contributed by atoms with Crippen LogP contribution in [0.5, 0.6) is 0 Å². The molecule has 0 spiro atoms. The molecule has 4 amide bonds. The fourth-order valence-corrected chi connectivity index (χ4v) is 2.67. The van der Waals surface area contributed by atoms with Crippen LogP contribution < -0.4 is 10.6 Å². The van der Waals surface area contributed by atoms with E-state index in [1.165, 1.54) is 11.8 Å². The van der Waals surface area contributed by atoms with E-state index in [9.17, 15) is 22.8 Å². The van der Waals surface area contributed by atoms with Crippen LogP contribution in [0, 0.1) is 17.5 Å². The van der Waals surface area contributed by atoms with Gasteiger partial charge in [0.25, 0.3) is 0 Å². The van der Waals surface area contributed by atoms with Crippen LogP contribution in [0.2, 0.25) is 0 Å². The van der Waals surface area contributed by atoms with Crippen molar-refractivity contribution in [1.29, 1.82) is 0 Å². The smallest absolute Gasteiger partial charge is 0.308 e. The fraction of sp³-hybridized carbons (Fsp3) is 0.333. The number of nitrogens with one attached hydrogen (secondary N) is 2. The third-order valence-corrected chi connectivity index (χ3v) is 3.79. The molecule has 0 bridgehead atoms. The van der Waals surface area contributed by atoms with Crippen molar-refractivity contribution in [3.05, 3.63) is 35.1 Å². The summed E-state index contributed by atoms with van der Waals surface area (Å²) >= 11 is 1.24. The molecule has 114 valence electrons. The number of carbonyl (C=O) groups excluding carboxylic acids is 2. The number of rotatable bonds is 4. The van der Waals surface area contributed by atoms with E-state index >= 15 is 0 Å². The molecule has 1 saturated heterocycles. The van der Waals surface area contributed by atoms with Gasteiger partial charge in [0.2, 0.25) is 0 Å². The van der Waals surface area contributed by atoms with E-state index in [4.69, 9.17) is 0 Å². The SMILES string of the molecule is CCSC1NC(=O)NC(=O)N1Cc1cc(F)c(F)cc1F. The zero-order valence-electron chi connectivity index (χ0n) is 11.0. The minimum absolute atomic E-state index is 0.179. The predicted molar refractivity (Wildman–Crippen MR) is 70.8 cm³/mol. The molecule has 21 heavy (non-hydrogen) atoms. The van der Waals surface area contributed by atoms with Crippen LogP contribution in [0.1, 0.15) is 12.5 Å². The molecular formula is C12H12F3N3O2S. The molecule has 1 unspecified atom stereocenters. The third kappa shape index (κ3) is 3.41. The molecule has 1 aliphatic rings. The summed E-state index contributed by atoms with van der Waals surface area (Å²) in [6.07, 6.45) is 0. The van der Waals surface area contributed by atoms with Crippen molar-refractivity contribution < 1.29 is 22.8 Å². The van der Waals surface area contributed by atoms with Gasteiger partial charge in [-0.3, -0.25) is 10.2 Å². The molecule has 1 aliphatic heterocycles. The maximum atomic E-state index is 13.6. The number of hydrogen-bond acceptors (Lipinski definition) is 3. The predicted octanol–water partition coefficient (Wildman–Crippen LogP) is 2.38. The molecule has 0 aliphatic carbocycles. The molecule has 5 nitrogen and oxygen atoms in total. The first-order chi connectivity index (χ1) is 9.92. The summed E-state index contributed by atoms with van der Waals surface area (Å²) in [5, 5.41) is 4.51. The second-order valence-corrected chi connectivity index (χ2v) is 5.55. The van der Waals surface area contributed by atoms with E-state index in [1.807, 2.05) is 12.2 Å². The number of amides is 4. The minimum Gasteiger partial charge on any atom is -0.308 e. The van der Waals surface area contributed by atoms with Crippen LogP contribution >= 0.6 is 11.8 Å². The van der Waals surface area contributed by atoms with Gasteiger partial charge >= 0.3 is 12.1 Å². The van der Waals surface area contributed by atoms with Crippen molar-refractivity contribution in [3.8, 4) is 0 Å². The monoisotopic (exact) mass is 319 g/mol. The lowest BCUT2D eigenvalue weighted by atomic mass is 10.2. The Morgan fingerprint density at radius 1 is 1.19 bits per heavy atom. The van der Waals surface area contributed by atoms with E-state index in [1.54, 1.807) is 0 Å². The average molecular weight is 319 g/mol. The van der Waals surface area contributed by atoms with Crippen LogP contribution in [-0.2, 0) is 6.54 Å². The highest BCUT2D eigenvalue weighted by Gasteiger charge is 2.32. The lowest BCUT2D eigenvalue weighted by Gasteiger charge is -2.35. The molecule has 1 aromatic carbocycles. The molecular weight excluding hydrogens is 307 g/mol. The van der Waals surface area contributed by atoms with Crippen molar-refractivity contribution in [2.45, 2.75) is 19.0 Å². The summed E-state index contributed by atoms with van der Waals surface area (Å²) < 4.78 is 39.7. The fourth-order valence-electron chi connectivity index (χ4n) is 1.81. The first kappa shape index (κ1) is 15.5. The summed E-state index contributed by atoms with van der Waals surface area (Å²) in [6, 6.07) is -0.267. The zero-order valence-corrected chi connectivity index (χ0v) is 11.8. The van der Waals surface area contributed by atoms with E-state index in [-0.39, 0.29) is 12.1 Å². The molecule has 0 aromatic heterocycles. The Hall–Kier alpha value is -1.90. The molecule has 2 N–H and O–H groups in total. The Morgan fingerprint density at radius 2 is 1.86 bits per heavy atom. The molecule has 1 aromatic rings. The minimum atomic E-state index is -1.30. The number of halogens is 3. The number of hydrogen-bond donors (Lipinski definition) is 2. The Kier molecular flexibility index (Phi) is 4.61. The van der Waals surface area contributed by atoms with Gasteiger partial charge in [-0.1, -0.05) is 6.92 Å². The highest BCUT2D eigenvalue weighted by Crippen LogP contribution is 2.21. The van der Waals surface area contributed by atoms with Crippen LogP contribution in [0.15, 0.2) is 12.1 Å². The van der Waals surface area contributed by atoms with E-state index in [2.05, 4.69) is 5.32 Å². The summed E-state index contributed by atoms with van der Waals surface area (Å²) in [7, 11) is 0. The van der Waals surface area contributed by atoms with Crippen LogP contribution in [0.4, 0.5) is 22.8 Å². The molecule has 2 rings (SSSR count). The number of benzene rings is 1. The molecule has 9 heteroatoms. The Labute approximate surface area is 122 Å². The van der Waals surface area contributed by atoms with Crippen LogP contribution in [0.25, 0.3) is 0 Å². The lowest BCUT2D eigenvalue weighted by molar-refractivity contribution is 0.165. The standard InChI is InChI=1S/C12H12F3N3O2S/c1-2-21-12-17-10(19)16-11(20)18(12)5-6-3-8(14)9(15)4-7(6)13/h3-4,12H,2,5H2,1H3,(H2,16,17,19,20). The Morgan fingerprint density at radius 3 is 2.52 bits per heavy atom. The number of imide groups is 1. The van der Waals surface area contributed by atoms with Gasteiger partial charge in [0.1, 0.15) is 5.82 Å². The maximum absolute atomic E-state index is 13.6. The van der Waals surface area contributed by atoms with Gasteiger partial charge in [-0.2, -0.15) is 0 Å². The number of carbonyl (C=O) groups is 2. The van der Waals surface area contributed by atoms with Gasteiger partial charge in [0.15, 0.2) is 17.1 Å². The zero-order chi connectivity index (χ0) is 15.6. The molecule has 1 fully saturated rings. The highest BCUT2D eigenvalue weighted by atomic mass is 32.2. The van der Waals surface area contributed by atoms with E-state index in [0.29, 0.717) is 17.9 Å². The molecule has 1 heterocycles. The van der Waals surface area contributed by atoms with Crippen LogP contribution in [-0.4, -0.2) is 28.2 Å². The second-order valence-electron chi connectivity index (χ2n) is 4.20. The normalized spacial score (nSPS) is 18.5. The van der Waals surface area contributed by atoms with Gasteiger partial charge in [-0.05, 0) is 11.8 Å². The van der Waals surface area contributed by atoms with Crippen molar-refractivity contribution in [3.63, 3.8) is 0 Å². The summed E-state index contributed by atoms with van der Waals surface area (Å²) in [5.74, 6) is -2.87. The van der Waals surface area contributed by atoms with Gasteiger partial charge < -0.3 is 5.32 Å². The number of nitrogens with zero attached hydrogens (tertiary/aromatic N) is 1. The third-order valence-electron chi connectivity index (χ3n) is 2.77. The largest absolute Gasteiger partial charge is 0.328 e. The average Bonchev–Trinajstić information content (AvgIpc) is 2.39. The lowest BCUT2D eigenvalue weighted by Crippen LogP contribution is -2.61. The van der Waals surface area contributed by atoms with Gasteiger partial charge in [-0.25, -0.2) is 22.8 Å². The van der Waals surface area contributed by atoms with Gasteiger partial charge in [0, 0.05) is 11.6 Å². The van der Waals surface area contributed by atoms with Crippen LogP contribution in [0.3, 0.4) is 0 Å². The van der Waals surface area contributed by atoms with Gasteiger partial charge in [-0.15, -0.1) is 11.8 Å². The van der Waals surface area contributed by atoms with E-state index in [0.717, 1.165) is 4.90 Å². The molecule has 1 atom stereocenters. The van der Waals surface area contributed by atoms with E-state index < -0.39 is 35.0 Å². The second kappa shape index (κ2) is 6.25. The number of thioether (sulfide) groups is 1.